The summed E-state index contributed by atoms with van der Waals surface area (Å²) in [5, 5.41) is 18.4. The third-order valence-electron chi connectivity index (χ3n) is 3.08. The number of carboxylic acids is 1. The molecule has 21 heavy (non-hydrogen) atoms. The van der Waals surface area contributed by atoms with Crippen LogP contribution < -0.4 is 5.32 Å². The smallest absolute Gasteiger partial charge is 0.354 e. The van der Waals surface area contributed by atoms with Crippen LogP contribution >= 0.6 is 0 Å². The summed E-state index contributed by atoms with van der Waals surface area (Å²) in [6, 6.07) is 2.75. The van der Waals surface area contributed by atoms with Gasteiger partial charge in [0, 0.05) is 24.0 Å². The fourth-order valence-electron chi connectivity index (χ4n) is 1.90. The number of hydrogen-bond donors (Lipinski definition) is 3. The molecule has 7 heteroatoms. The molecule has 0 fully saturated rings. The molecule has 0 aliphatic rings. The molecule has 0 aliphatic carbocycles. The van der Waals surface area contributed by atoms with Crippen LogP contribution in [0.3, 0.4) is 0 Å². The summed E-state index contributed by atoms with van der Waals surface area (Å²) in [6.07, 6.45) is 4.69. The van der Waals surface area contributed by atoms with E-state index in [1.54, 1.807) is 6.20 Å². The van der Waals surface area contributed by atoms with Gasteiger partial charge in [-0.2, -0.15) is 5.10 Å². The molecule has 0 spiro atoms. The Hall–Kier alpha value is -2.70. The van der Waals surface area contributed by atoms with Gasteiger partial charge in [-0.1, -0.05) is 0 Å². The van der Waals surface area contributed by atoms with E-state index in [0.717, 1.165) is 24.1 Å². The fraction of sp³-hybridized carbons (Fsp3) is 0.286. The van der Waals surface area contributed by atoms with Crippen LogP contribution in [0, 0.1) is 6.92 Å². The highest BCUT2D eigenvalue weighted by atomic mass is 16.4. The van der Waals surface area contributed by atoms with Crippen LogP contribution in [0.2, 0.25) is 0 Å². The van der Waals surface area contributed by atoms with Gasteiger partial charge in [-0.05, 0) is 37.5 Å². The van der Waals surface area contributed by atoms with Crippen molar-refractivity contribution < 1.29 is 14.7 Å². The Labute approximate surface area is 121 Å². The third-order valence-corrected chi connectivity index (χ3v) is 3.08. The number of aryl methyl sites for hydroxylation is 2. The first-order valence-corrected chi connectivity index (χ1v) is 6.54. The molecule has 3 N–H and O–H groups in total. The number of aromatic carboxylic acids is 1. The molecule has 0 bridgehead atoms. The van der Waals surface area contributed by atoms with Gasteiger partial charge in [0.05, 0.1) is 6.20 Å². The Morgan fingerprint density at radius 3 is 2.90 bits per heavy atom. The average molecular weight is 288 g/mol. The van der Waals surface area contributed by atoms with E-state index in [1.165, 1.54) is 18.3 Å². The molecule has 0 unspecified atom stereocenters. The highest BCUT2D eigenvalue weighted by molar-refractivity contribution is 5.96. The largest absolute Gasteiger partial charge is 0.477 e. The maximum Gasteiger partial charge on any atom is 0.354 e. The fourth-order valence-corrected chi connectivity index (χ4v) is 1.90. The number of H-pyrrole nitrogens is 1. The molecule has 7 nitrogen and oxygen atoms in total. The molecule has 2 aromatic heterocycles. The van der Waals surface area contributed by atoms with Crippen molar-refractivity contribution in [2.45, 2.75) is 19.8 Å². The minimum Gasteiger partial charge on any atom is -0.477 e. The lowest BCUT2D eigenvalue weighted by Gasteiger charge is -2.05. The minimum absolute atomic E-state index is 0.142. The van der Waals surface area contributed by atoms with Crippen molar-refractivity contribution in [3.63, 3.8) is 0 Å². The van der Waals surface area contributed by atoms with Crippen molar-refractivity contribution in [3.05, 3.63) is 47.0 Å². The first kappa shape index (κ1) is 14.7. The van der Waals surface area contributed by atoms with Crippen LogP contribution in [0.15, 0.2) is 24.5 Å². The monoisotopic (exact) mass is 288 g/mol. The van der Waals surface area contributed by atoms with Crippen molar-refractivity contribution >= 4 is 11.9 Å². The molecule has 1 amide bonds. The molecule has 2 heterocycles. The molecule has 0 aliphatic heterocycles. The Kier molecular flexibility index (Phi) is 4.65. The predicted molar refractivity (Wildman–Crippen MR) is 75.2 cm³/mol. The number of pyridine rings is 1. The van der Waals surface area contributed by atoms with Gasteiger partial charge in [0.25, 0.3) is 5.91 Å². The second-order valence-electron chi connectivity index (χ2n) is 4.61. The highest BCUT2D eigenvalue weighted by Gasteiger charge is 2.10. The Morgan fingerprint density at radius 1 is 1.43 bits per heavy atom. The lowest BCUT2D eigenvalue weighted by Crippen LogP contribution is -2.25. The number of nitrogens with one attached hydrogen (secondary N) is 2. The van der Waals surface area contributed by atoms with Crippen molar-refractivity contribution in [1.29, 1.82) is 0 Å². The Bertz CT molecular complexity index is 651. The van der Waals surface area contributed by atoms with Gasteiger partial charge in [0.1, 0.15) is 5.69 Å². The van der Waals surface area contributed by atoms with Gasteiger partial charge < -0.3 is 10.4 Å². The van der Waals surface area contributed by atoms with E-state index in [1.807, 2.05) is 6.92 Å². The second kappa shape index (κ2) is 6.65. The standard InChI is InChI=1S/C14H16N4O3/c1-9-11(8-17-18-9)3-2-5-16-13(19)10-4-6-15-12(7-10)14(20)21/h4,6-8H,2-3,5H2,1H3,(H,16,19)(H,17,18)(H,20,21). The predicted octanol–water partition coefficient (Wildman–Crippen LogP) is 1.17. The second-order valence-corrected chi connectivity index (χ2v) is 4.61. The number of rotatable bonds is 6. The third kappa shape index (κ3) is 3.88. The topological polar surface area (TPSA) is 108 Å². The molecular formula is C14H16N4O3. The zero-order chi connectivity index (χ0) is 15.2. The minimum atomic E-state index is -1.15. The normalized spacial score (nSPS) is 10.3. The van der Waals surface area contributed by atoms with E-state index in [4.69, 9.17) is 5.11 Å². The number of aromatic amines is 1. The van der Waals surface area contributed by atoms with Crippen molar-refractivity contribution in [2.24, 2.45) is 0 Å². The quantitative estimate of drug-likeness (QED) is 0.692. The molecule has 0 radical (unpaired) electrons. The molecule has 0 saturated carbocycles. The number of carbonyl (C=O) groups excluding carboxylic acids is 1. The van der Waals surface area contributed by atoms with Crippen molar-refractivity contribution in [3.8, 4) is 0 Å². The van der Waals surface area contributed by atoms with Gasteiger partial charge in [-0.15, -0.1) is 0 Å². The van der Waals surface area contributed by atoms with E-state index in [-0.39, 0.29) is 11.6 Å². The van der Waals surface area contributed by atoms with Crippen LogP contribution in [-0.2, 0) is 6.42 Å². The zero-order valence-electron chi connectivity index (χ0n) is 11.6. The van der Waals surface area contributed by atoms with Crippen LogP contribution in [0.4, 0.5) is 0 Å². The van der Waals surface area contributed by atoms with Gasteiger partial charge in [-0.25, -0.2) is 9.78 Å². The number of carbonyl (C=O) groups is 2. The molecule has 0 aromatic carbocycles. The summed E-state index contributed by atoms with van der Waals surface area (Å²) < 4.78 is 0. The van der Waals surface area contributed by atoms with Gasteiger partial charge in [0.2, 0.25) is 0 Å². The number of nitrogens with zero attached hydrogens (tertiary/aromatic N) is 2. The van der Waals surface area contributed by atoms with Gasteiger partial charge in [0.15, 0.2) is 0 Å². The van der Waals surface area contributed by atoms with Crippen molar-refractivity contribution in [1.82, 2.24) is 20.5 Å². The molecule has 0 atom stereocenters. The summed E-state index contributed by atoms with van der Waals surface area (Å²) in [7, 11) is 0. The highest BCUT2D eigenvalue weighted by Crippen LogP contribution is 2.06. The summed E-state index contributed by atoms with van der Waals surface area (Å²) in [5.74, 6) is -1.45. The summed E-state index contributed by atoms with van der Waals surface area (Å²) in [6.45, 7) is 2.46. The zero-order valence-corrected chi connectivity index (χ0v) is 11.6. The van der Waals surface area contributed by atoms with E-state index in [9.17, 15) is 9.59 Å². The first-order valence-electron chi connectivity index (χ1n) is 6.54. The van der Waals surface area contributed by atoms with Gasteiger partial charge >= 0.3 is 5.97 Å². The number of aromatic nitrogens is 3. The van der Waals surface area contributed by atoms with Crippen LogP contribution in [0.5, 0.6) is 0 Å². The van der Waals surface area contributed by atoms with E-state index < -0.39 is 5.97 Å². The molecule has 0 saturated heterocycles. The number of hydrogen-bond acceptors (Lipinski definition) is 4. The number of carboxylic acid groups (broad SMARTS) is 1. The van der Waals surface area contributed by atoms with Crippen LogP contribution in [-0.4, -0.2) is 38.7 Å². The van der Waals surface area contributed by atoms with E-state index in [2.05, 4.69) is 20.5 Å². The van der Waals surface area contributed by atoms with E-state index in [0.29, 0.717) is 12.1 Å². The number of amides is 1. The summed E-state index contributed by atoms with van der Waals surface area (Å²) in [4.78, 5) is 26.4. The molecule has 2 rings (SSSR count). The molecule has 2 aromatic rings. The molecule has 110 valence electrons. The van der Waals surface area contributed by atoms with Crippen molar-refractivity contribution in [2.75, 3.05) is 6.54 Å². The van der Waals surface area contributed by atoms with Gasteiger partial charge in [-0.3, -0.25) is 9.89 Å². The summed E-state index contributed by atoms with van der Waals surface area (Å²) >= 11 is 0. The lowest BCUT2D eigenvalue weighted by molar-refractivity contribution is 0.0690. The van der Waals surface area contributed by atoms with Crippen LogP contribution in [0.25, 0.3) is 0 Å². The lowest BCUT2D eigenvalue weighted by atomic mass is 10.1. The van der Waals surface area contributed by atoms with Crippen LogP contribution in [0.1, 0.15) is 38.5 Å². The Morgan fingerprint density at radius 2 is 2.24 bits per heavy atom. The SMILES string of the molecule is Cc1[nH]ncc1CCCNC(=O)c1ccnc(C(=O)O)c1. The maximum absolute atomic E-state index is 11.9. The Balaban J connectivity index is 1.83. The maximum atomic E-state index is 11.9. The average Bonchev–Trinajstić information content (AvgIpc) is 2.89. The van der Waals surface area contributed by atoms with E-state index >= 15 is 0 Å². The summed E-state index contributed by atoms with van der Waals surface area (Å²) in [5.41, 5.74) is 2.31. The first-order chi connectivity index (χ1) is 10.1. The molecular weight excluding hydrogens is 272 g/mol.